The molecule has 0 aromatic rings. The molecule has 0 aliphatic rings. The van der Waals surface area contributed by atoms with Crippen molar-refractivity contribution in [3.63, 3.8) is 0 Å². The van der Waals surface area contributed by atoms with Gasteiger partial charge in [0.05, 0.1) is 6.04 Å². The SMILES string of the molecule is COCCCC(N)C(=O)NCC(C)(C)CCCO. The van der Waals surface area contributed by atoms with Crippen molar-refractivity contribution in [2.24, 2.45) is 11.1 Å². The summed E-state index contributed by atoms with van der Waals surface area (Å²) >= 11 is 0. The van der Waals surface area contributed by atoms with Gasteiger partial charge in [-0.05, 0) is 31.1 Å². The van der Waals surface area contributed by atoms with Crippen LogP contribution in [0.15, 0.2) is 0 Å². The van der Waals surface area contributed by atoms with E-state index in [9.17, 15) is 4.79 Å². The minimum atomic E-state index is -0.464. The fourth-order valence-corrected chi connectivity index (χ4v) is 1.68. The second kappa shape index (κ2) is 9.30. The number of aliphatic hydroxyl groups is 1. The molecule has 0 bridgehead atoms. The molecule has 108 valence electrons. The molecule has 18 heavy (non-hydrogen) atoms. The standard InChI is InChI=1S/C13H28N2O3/c1-13(2,7-5-8-16)10-15-12(17)11(14)6-4-9-18-3/h11,16H,4-10,14H2,1-3H3,(H,15,17). The van der Waals surface area contributed by atoms with E-state index in [1.807, 2.05) is 0 Å². The van der Waals surface area contributed by atoms with Crippen LogP contribution in [0.25, 0.3) is 0 Å². The summed E-state index contributed by atoms with van der Waals surface area (Å²) in [6, 6.07) is -0.464. The summed E-state index contributed by atoms with van der Waals surface area (Å²) in [6.45, 7) is 5.54. The number of methoxy groups -OCH3 is 1. The third-order valence-electron chi connectivity index (χ3n) is 2.95. The number of carbonyl (C=O) groups is 1. The molecule has 0 radical (unpaired) electrons. The number of amides is 1. The first-order valence-corrected chi connectivity index (χ1v) is 6.56. The largest absolute Gasteiger partial charge is 0.396 e. The van der Waals surface area contributed by atoms with E-state index in [1.165, 1.54) is 0 Å². The summed E-state index contributed by atoms with van der Waals surface area (Å²) in [6.07, 6.45) is 3.06. The van der Waals surface area contributed by atoms with Crippen LogP contribution in [-0.4, -0.2) is 43.9 Å². The predicted molar refractivity (Wildman–Crippen MR) is 72.2 cm³/mol. The van der Waals surface area contributed by atoms with E-state index in [2.05, 4.69) is 19.2 Å². The fourth-order valence-electron chi connectivity index (χ4n) is 1.68. The topological polar surface area (TPSA) is 84.6 Å². The molecule has 5 heteroatoms. The zero-order chi connectivity index (χ0) is 14.0. The third kappa shape index (κ3) is 8.44. The number of nitrogens with two attached hydrogens (primary N) is 1. The zero-order valence-electron chi connectivity index (χ0n) is 11.9. The lowest BCUT2D eigenvalue weighted by Gasteiger charge is -2.25. The van der Waals surface area contributed by atoms with Gasteiger partial charge in [0.2, 0.25) is 5.91 Å². The van der Waals surface area contributed by atoms with Gasteiger partial charge in [0.1, 0.15) is 0 Å². The minimum absolute atomic E-state index is 0.00929. The molecule has 0 aromatic carbocycles. The van der Waals surface area contributed by atoms with Gasteiger partial charge in [0, 0.05) is 26.9 Å². The Morgan fingerprint density at radius 2 is 2.11 bits per heavy atom. The number of carbonyl (C=O) groups excluding carboxylic acids is 1. The number of nitrogens with one attached hydrogen (secondary N) is 1. The van der Waals surface area contributed by atoms with Gasteiger partial charge in [-0.25, -0.2) is 0 Å². The normalized spacial score (nSPS) is 13.4. The molecular formula is C13H28N2O3. The molecule has 5 nitrogen and oxygen atoms in total. The van der Waals surface area contributed by atoms with Crippen molar-refractivity contribution in [2.75, 3.05) is 26.9 Å². The summed E-state index contributed by atoms with van der Waals surface area (Å²) in [7, 11) is 1.63. The Hall–Kier alpha value is -0.650. The molecule has 0 rings (SSSR count). The lowest BCUT2D eigenvalue weighted by molar-refractivity contribution is -0.123. The molecule has 1 unspecified atom stereocenters. The molecule has 0 aliphatic carbocycles. The quantitative estimate of drug-likeness (QED) is 0.504. The number of hydrogen-bond donors (Lipinski definition) is 3. The highest BCUT2D eigenvalue weighted by atomic mass is 16.5. The average Bonchev–Trinajstić information content (AvgIpc) is 2.34. The number of ether oxygens (including phenoxy) is 1. The van der Waals surface area contributed by atoms with Crippen LogP contribution in [0.5, 0.6) is 0 Å². The maximum Gasteiger partial charge on any atom is 0.236 e. The van der Waals surface area contributed by atoms with Gasteiger partial charge < -0.3 is 20.9 Å². The van der Waals surface area contributed by atoms with E-state index >= 15 is 0 Å². The molecule has 0 spiro atoms. The highest BCUT2D eigenvalue weighted by Gasteiger charge is 2.20. The summed E-state index contributed by atoms with van der Waals surface area (Å²) in [4.78, 5) is 11.7. The lowest BCUT2D eigenvalue weighted by atomic mass is 9.88. The Morgan fingerprint density at radius 1 is 1.44 bits per heavy atom. The van der Waals surface area contributed by atoms with Crippen LogP contribution < -0.4 is 11.1 Å². The maximum absolute atomic E-state index is 11.7. The van der Waals surface area contributed by atoms with Crippen molar-refractivity contribution in [3.8, 4) is 0 Å². The first kappa shape index (κ1) is 17.4. The molecule has 0 saturated carbocycles. The molecular weight excluding hydrogens is 232 g/mol. The van der Waals surface area contributed by atoms with Crippen LogP contribution in [0.1, 0.15) is 39.5 Å². The Labute approximate surface area is 110 Å². The first-order valence-electron chi connectivity index (χ1n) is 6.56. The van der Waals surface area contributed by atoms with Crippen molar-refractivity contribution in [2.45, 2.75) is 45.6 Å². The third-order valence-corrected chi connectivity index (χ3v) is 2.95. The van der Waals surface area contributed by atoms with Crippen LogP contribution in [0.2, 0.25) is 0 Å². The summed E-state index contributed by atoms with van der Waals surface area (Å²) in [5.74, 6) is -0.108. The number of rotatable bonds is 10. The minimum Gasteiger partial charge on any atom is -0.396 e. The van der Waals surface area contributed by atoms with Crippen molar-refractivity contribution in [3.05, 3.63) is 0 Å². The maximum atomic E-state index is 11.7. The molecule has 4 N–H and O–H groups in total. The molecule has 1 atom stereocenters. The summed E-state index contributed by atoms with van der Waals surface area (Å²) in [5, 5.41) is 11.7. The highest BCUT2D eigenvalue weighted by Crippen LogP contribution is 2.20. The number of hydrogen-bond acceptors (Lipinski definition) is 4. The highest BCUT2D eigenvalue weighted by molar-refractivity contribution is 5.81. The number of aliphatic hydroxyl groups excluding tert-OH is 1. The van der Waals surface area contributed by atoms with Crippen molar-refractivity contribution < 1.29 is 14.6 Å². The average molecular weight is 260 g/mol. The Kier molecular flexibility index (Phi) is 8.97. The van der Waals surface area contributed by atoms with Gasteiger partial charge in [-0.1, -0.05) is 13.8 Å². The Morgan fingerprint density at radius 3 is 2.67 bits per heavy atom. The Bertz CT molecular complexity index is 232. The van der Waals surface area contributed by atoms with Gasteiger partial charge in [-0.2, -0.15) is 0 Å². The van der Waals surface area contributed by atoms with E-state index < -0.39 is 6.04 Å². The van der Waals surface area contributed by atoms with E-state index in [1.54, 1.807) is 7.11 Å². The van der Waals surface area contributed by atoms with Gasteiger partial charge in [0.25, 0.3) is 0 Å². The Balaban J connectivity index is 3.86. The van der Waals surface area contributed by atoms with E-state index in [0.717, 1.165) is 19.3 Å². The summed E-state index contributed by atoms with van der Waals surface area (Å²) in [5.41, 5.74) is 5.77. The van der Waals surface area contributed by atoms with Gasteiger partial charge in [-0.3, -0.25) is 4.79 Å². The van der Waals surface area contributed by atoms with Crippen molar-refractivity contribution >= 4 is 5.91 Å². The van der Waals surface area contributed by atoms with Crippen LogP contribution in [0.4, 0.5) is 0 Å². The fraction of sp³-hybridized carbons (Fsp3) is 0.923. The van der Waals surface area contributed by atoms with Gasteiger partial charge in [-0.15, -0.1) is 0 Å². The molecule has 0 fully saturated rings. The van der Waals surface area contributed by atoms with E-state index in [-0.39, 0.29) is 17.9 Å². The van der Waals surface area contributed by atoms with Crippen LogP contribution >= 0.6 is 0 Å². The predicted octanol–water partition coefficient (Wildman–Crippen LogP) is 0.655. The second-order valence-corrected chi connectivity index (χ2v) is 5.45. The van der Waals surface area contributed by atoms with Crippen LogP contribution in [0.3, 0.4) is 0 Å². The van der Waals surface area contributed by atoms with Gasteiger partial charge >= 0.3 is 0 Å². The van der Waals surface area contributed by atoms with Crippen LogP contribution in [0, 0.1) is 5.41 Å². The van der Waals surface area contributed by atoms with Crippen LogP contribution in [-0.2, 0) is 9.53 Å². The first-order chi connectivity index (χ1) is 8.43. The molecule has 0 heterocycles. The molecule has 0 aliphatic heterocycles. The van der Waals surface area contributed by atoms with Gasteiger partial charge in [0.15, 0.2) is 0 Å². The molecule has 0 aromatic heterocycles. The summed E-state index contributed by atoms with van der Waals surface area (Å²) < 4.78 is 4.92. The molecule has 0 saturated heterocycles. The monoisotopic (exact) mass is 260 g/mol. The lowest BCUT2D eigenvalue weighted by Crippen LogP contribution is -2.44. The smallest absolute Gasteiger partial charge is 0.236 e. The van der Waals surface area contributed by atoms with Crippen molar-refractivity contribution in [1.29, 1.82) is 0 Å². The zero-order valence-corrected chi connectivity index (χ0v) is 11.9. The van der Waals surface area contributed by atoms with Crippen molar-refractivity contribution in [1.82, 2.24) is 5.32 Å². The van der Waals surface area contributed by atoms with E-state index in [0.29, 0.717) is 19.6 Å². The second-order valence-electron chi connectivity index (χ2n) is 5.45. The molecule has 1 amide bonds. The van der Waals surface area contributed by atoms with E-state index in [4.69, 9.17) is 15.6 Å².